The van der Waals surface area contributed by atoms with Crippen LogP contribution < -0.4 is 5.32 Å². The molecule has 0 spiro atoms. The van der Waals surface area contributed by atoms with Gasteiger partial charge < -0.3 is 4.42 Å². The molecule has 5 nitrogen and oxygen atoms in total. The third-order valence-corrected chi connectivity index (χ3v) is 3.43. The molecule has 3 aromatic rings. The zero-order valence-corrected chi connectivity index (χ0v) is 13.8. The van der Waals surface area contributed by atoms with Crippen LogP contribution in [0, 0.1) is 0 Å². The van der Waals surface area contributed by atoms with Crippen molar-refractivity contribution in [1.29, 1.82) is 0 Å². The van der Waals surface area contributed by atoms with Gasteiger partial charge in [-0.15, -0.1) is 5.10 Å². The van der Waals surface area contributed by atoms with Crippen LogP contribution in [0.25, 0.3) is 17.5 Å². The number of anilines is 1. The van der Waals surface area contributed by atoms with Crippen LogP contribution in [0.4, 0.5) is 6.01 Å². The van der Waals surface area contributed by atoms with Crippen molar-refractivity contribution in [2.75, 3.05) is 5.32 Å². The third-order valence-electron chi connectivity index (χ3n) is 2.99. The maximum Gasteiger partial charge on any atom is 0.322 e. The average molecular weight is 360 g/mol. The molecule has 120 valence electrons. The Morgan fingerprint density at radius 2 is 1.75 bits per heavy atom. The lowest BCUT2D eigenvalue weighted by Crippen LogP contribution is -2.07. The van der Waals surface area contributed by atoms with Gasteiger partial charge in [0.25, 0.3) is 5.91 Å². The summed E-state index contributed by atoms with van der Waals surface area (Å²) < 4.78 is 5.40. The summed E-state index contributed by atoms with van der Waals surface area (Å²) in [7, 11) is 0. The number of halogens is 2. The Labute approximate surface area is 147 Å². The van der Waals surface area contributed by atoms with Gasteiger partial charge in [-0.1, -0.05) is 58.6 Å². The molecule has 0 aliphatic rings. The molecule has 0 fully saturated rings. The number of aromatic nitrogens is 2. The summed E-state index contributed by atoms with van der Waals surface area (Å²) in [6.07, 6.45) is 3.07. The highest BCUT2D eigenvalue weighted by Crippen LogP contribution is 2.27. The van der Waals surface area contributed by atoms with Gasteiger partial charge in [0, 0.05) is 21.7 Å². The molecule has 0 aliphatic carbocycles. The Morgan fingerprint density at radius 1 is 1.04 bits per heavy atom. The molecular weight excluding hydrogens is 349 g/mol. The minimum atomic E-state index is -0.377. The Bertz CT molecular complexity index is 872. The molecule has 1 aromatic heterocycles. The topological polar surface area (TPSA) is 68.0 Å². The summed E-state index contributed by atoms with van der Waals surface area (Å²) in [5, 5.41) is 11.0. The van der Waals surface area contributed by atoms with Crippen LogP contribution >= 0.6 is 23.2 Å². The van der Waals surface area contributed by atoms with Crippen LogP contribution in [0.3, 0.4) is 0 Å². The van der Waals surface area contributed by atoms with Crippen LogP contribution in [0.15, 0.2) is 59.0 Å². The van der Waals surface area contributed by atoms with E-state index in [0.29, 0.717) is 15.6 Å². The fraction of sp³-hybridized carbons (Fsp3) is 0. The molecule has 0 bridgehead atoms. The first-order chi connectivity index (χ1) is 11.6. The number of carbonyl (C=O) groups excluding carboxylic acids is 1. The van der Waals surface area contributed by atoms with Crippen molar-refractivity contribution in [3.05, 3.63) is 70.2 Å². The van der Waals surface area contributed by atoms with E-state index >= 15 is 0 Å². The molecule has 1 N–H and O–H groups in total. The number of rotatable bonds is 4. The monoisotopic (exact) mass is 359 g/mol. The van der Waals surface area contributed by atoms with Crippen molar-refractivity contribution in [2.45, 2.75) is 0 Å². The smallest absolute Gasteiger partial charge is 0.322 e. The molecular formula is C17H11Cl2N3O2. The second-order valence-corrected chi connectivity index (χ2v) is 5.68. The van der Waals surface area contributed by atoms with Gasteiger partial charge in [0.15, 0.2) is 0 Å². The zero-order valence-electron chi connectivity index (χ0n) is 12.2. The van der Waals surface area contributed by atoms with E-state index in [4.69, 9.17) is 27.6 Å². The fourth-order valence-electron chi connectivity index (χ4n) is 1.95. The molecule has 0 atom stereocenters. The summed E-state index contributed by atoms with van der Waals surface area (Å²) in [6.45, 7) is 0. The SMILES string of the molecule is O=C(/C=C/c1ccccc1)Nc1nnc(-c2cc(Cl)cc(Cl)c2)o1. The van der Waals surface area contributed by atoms with Crippen LogP contribution in [-0.2, 0) is 4.79 Å². The summed E-state index contributed by atoms with van der Waals surface area (Å²) in [4.78, 5) is 11.9. The first-order valence-electron chi connectivity index (χ1n) is 6.94. The van der Waals surface area contributed by atoms with Crippen molar-refractivity contribution >= 4 is 41.2 Å². The summed E-state index contributed by atoms with van der Waals surface area (Å²) in [6, 6.07) is 14.3. The lowest BCUT2D eigenvalue weighted by molar-refractivity contribution is -0.112. The number of carbonyl (C=O) groups is 1. The molecule has 0 radical (unpaired) electrons. The lowest BCUT2D eigenvalue weighted by Gasteiger charge is -1.98. The van der Waals surface area contributed by atoms with E-state index < -0.39 is 0 Å². The first-order valence-corrected chi connectivity index (χ1v) is 7.70. The maximum atomic E-state index is 11.9. The highest BCUT2D eigenvalue weighted by atomic mass is 35.5. The quantitative estimate of drug-likeness (QED) is 0.685. The third kappa shape index (κ3) is 4.22. The second-order valence-electron chi connectivity index (χ2n) is 4.80. The minimum absolute atomic E-state index is 0.0104. The molecule has 3 rings (SSSR count). The molecule has 0 unspecified atom stereocenters. The van der Waals surface area contributed by atoms with Crippen molar-refractivity contribution < 1.29 is 9.21 Å². The summed E-state index contributed by atoms with van der Waals surface area (Å²) >= 11 is 11.9. The molecule has 1 heterocycles. The van der Waals surface area contributed by atoms with Crippen LogP contribution in [0.5, 0.6) is 0 Å². The van der Waals surface area contributed by atoms with Gasteiger partial charge in [0.05, 0.1) is 0 Å². The maximum absolute atomic E-state index is 11.9. The number of benzene rings is 2. The van der Waals surface area contributed by atoms with Crippen LogP contribution in [0.2, 0.25) is 10.0 Å². The van der Waals surface area contributed by atoms with E-state index in [1.807, 2.05) is 30.3 Å². The standard InChI is InChI=1S/C17H11Cl2N3O2/c18-13-8-12(9-14(19)10-13)16-21-22-17(24-16)20-15(23)7-6-11-4-2-1-3-5-11/h1-10H,(H,20,22,23)/b7-6+. The van der Waals surface area contributed by atoms with Crippen LogP contribution in [-0.4, -0.2) is 16.1 Å². The van der Waals surface area contributed by atoms with Gasteiger partial charge in [-0.25, -0.2) is 0 Å². The van der Waals surface area contributed by atoms with Crippen molar-refractivity contribution in [1.82, 2.24) is 10.2 Å². The van der Waals surface area contributed by atoms with E-state index in [0.717, 1.165) is 5.56 Å². The largest absolute Gasteiger partial charge is 0.403 e. The van der Waals surface area contributed by atoms with Gasteiger partial charge in [0.1, 0.15) is 0 Å². The number of nitrogens with zero attached hydrogens (tertiary/aromatic N) is 2. The zero-order chi connectivity index (χ0) is 16.9. The highest BCUT2D eigenvalue weighted by Gasteiger charge is 2.11. The minimum Gasteiger partial charge on any atom is -0.403 e. The molecule has 2 aromatic carbocycles. The number of hydrogen-bond acceptors (Lipinski definition) is 4. The molecule has 0 saturated carbocycles. The van der Waals surface area contributed by atoms with E-state index in [1.54, 1.807) is 24.3 Å². The molecule has 24 heavy (non-hydrogen) atoms. The Balaban J connectivity index is 1.69. The Kier molecular flexibility index (Phi) is 4.93. The Hall–Kier alpha value is -2.63. The summed E-state index contributed by atoms with van der Waals surface area (Å²) in [5.74, 6) is -0.167. The van der Waals surface area contributed by atoms with Gasteiger partial charge >= 0.3 is 6.01 Å². The molecule has 7 heteroatoms. The van der Waals surface area contributed by atoms with Crippen molar-refractivity contribution in [2.24, 2.45) is 0 Å². The molecule has 0 aliphatic heterocycles. The molecule has 1 amide bonds. The van der Waals surface area contributed by atoms with Gasteiger partial charge in [-0.05, 0) is 29.8 Å². The van der Waals surface area contributed by atoms with Crippen molar-refractivity contribution in [3.63, 3.8) is 0 Å². The number of hydrogen-bond donors (Lipinski definition) is 1. The highest BCUT2D eigenvalue weighted by molar-refractivity contribution is 6.35. The van der Waals surface area contributed by atoms with E-state index in [2.05, 4.69) is 15.5 Å². The first kappa shape index (κ1) is 16.2. The number of amides is 1. The van der Waals surface area contributed by atoms with Crippen LogP contribution in [0.1, 0.15) is 5.56 Å². The predicted octanol–water partition coefficient (Wildman–Crippen LogP) is 4.70. The lowest BCUT2D eigenvalue weighted by atomic mass is 10.2. The fourth-order valence-corrected chi connectivity index (χ4v) is 2.48. The Morgan fingerprint density at radius 3 is 2.46 bits per heavy atom. The number of nitrogens with one attached hydrogen (secondary N) is 1. The van der Waals surface area contributed by atoms with E-state index in [-0.39, 0.29) is 17.8 Å². The molecule has 0 saturated heterocycles. The van der Waals surface area contributed by atoms with Gasteiger partial charge in [0.2, 0.25) is 5.89 Å². The second kappa shape index (κ2) is 7.29. The van der Waals surface area contributed by atoms with Gasteiger partial charge in [-0.2, -0.15) is 0 Å². The van der Waals surface area contributed by atoms with Crippen molar-refractivity contribution in [3.8, 4) is 11.5 Å². The summed E-state index contributed by atoms with van der Waals surface area (Å²) in [5.41, 5.74) is 1.48. The normalized spacial score (nSPS) is 10.9. The van der Waals surface area contributed by atoms with E-state index in [9.17, 15) is 4.79 Å². The predicted molar refractivity (Wildman–Crippen MR) is 93.9 cm³/mol. The average Bonchev–Trinajstić information content (AvgIpc) is 3.01. The van der Waals surface area contributed by atoms with Gasteiger partial charge in [-0.3, -0.25) is 10.1 Å². The van der Waals surface area contributed by atoms with E-state index in [1.165, 1.54) is 6.08 Å².